The molecule has 0 bridgehead atoms. The number of nitrogens with zero attached hydrogens (tertiary/aromatic N) is 4. The first-order chi connectivity index (χ1) is 9.15. The van der Waals surface area contributed by atoms with Gasteiger partial charge in [0.15, 0.2) is 0 Å². The number of rotatable bonds is 5. The number of pyridine rings is 1. The van der Waals surface area contributed by atoms with Gasteiger partial charge in [0, 0.05) is 24.4 Å². The monoisotopic (exact) mass is 260 g/mol. The molecule has 2 heterocycles. The minimum atomic E-state index is -0.0115. The first-order valence-electron chi connectivity index (χ1n) is 6.42. The van der Waals surface area contributed by atoms with Crippen LogP contribution in [0.1, 0.15) is 35.7 Å². The van der Waals surface area contributed by atoms with Crippen LogP contribution in [-0.4, -0.2) is 19.7 Å². The van der Waals surface area contributed by atoms with Gasteiger partial charge in [0.05, 0.1) is 6.04 Å². The highest BCUT2D eigenvalue weighted by molar-refractivity contribution is 5.25. The molecule has 2 rings (SSSR count). The molecule has 19 heavy (non-hydrogen) atoms. The molecule has 0 spiro atoms. The van der Waals surface area contributed by atoms with E-state index in [-0.39, 0.29) is 6.04 Å². The van der Waals surface area contributed by atoms with Crippen molar-refractivity contribution < 1.29 is 0 Å². The molecule has 0 aliphatic heterocycles. The van der Waals surface area contributed by atoms with Gasteiger partial charge in [-0.15, -0.1) is 0 Å². The Hall–Kier alpha value is -1.79. The van der Waals surface area contributed by atoms with Crippen LogP contribution in [0.15, 0.2) is 18.5 Å². The van der Waals surface area contributed by atoms with Gasteiger partial charge in [0.1, 0.15) is 12.2 Å². The average molecular weight is 260 g/mol. The first-order valence-corrected chi connectivity index (χ1v) is 6.42. The smallest absolute Gasteiger partial charge is 0.138 e. The fraction of sp³-hybridized carbons (Fsp3) is 0.462. The van der Waals surface area contributed by atoms with Crippen LogP contribution in [0.3, 0.4) is 0 Å². The van der Waals surface area contributed by atoms with Gasteiger partial charge in [0.25, 0.3) is 0 Å². The van der Waals surface area contributed by atoms with Gasteiger partial charge in [0.2, 0.25) is 0 Å². The number of hydrogen-bond donors (Lipinski definition) is 2. The van der Waals surface area contributed by atoms with Gasteiger partial charge in [-0.05, 0) is 32.4 Å². The van der Waals surface area contributed by atoms with Crippen LogP contribution in [0.2, 0.25) is 0 Å². The Morgan fingerprint density at radius 2 is 2.16 bits per heavy atom. The predicted octanol–water partition coefficient (Wildman–Crippen LogP) is 1.06. The third kappa shape index (κ3) is 2.97. The largest absolute Gasteiger partial charge is 0.271 e. The van der Waals surface area contributed by atoms with Crippen molar-refractivity contribution in [2.45, 2.75) is 39.8 Å². The van der Waals surface area contributed by atoms with E-state index in [4.69, 9.17) is 5.84 Å². The molecule has 0 aromatic carbocycles. The molecule has 0 fully saturated rings. The van der Waals surface area contributed by atoms with E-state index in [0.717, 1.165) is 29.3 Å². The van der Waals surface area contributed by atoms with Crippen molar-refractivity contribution in [3.05, 3.63) is 41.2 Å². The van der Waals surface area contributed by atoms with E-state index < -0.39 is 0 Å². The van der Waals surface area contributed by atoms with Gasteiger partial charge >= 0.3 is 0 Å². The summed E-state index contributed by atoms with van der Waals surface area (Å²) < 4.78 is 1.88. The van der Waals surface area contributed by atoms with Gasteiger partial charge in [-0.25, -0.2) is 4.98 Å². The van der Waals surface area contributed by atoms with Crippen molar-refractivity contribution in [3.8, 4) is 0 Å². The maximum absolute atomic E-state index is 5.68. The van der Waals surface area contributed by atoms with E-state index in [0.29, 0.717) is 6.42 Å². The van der Waals surface area contributed by atoms with Crippen LogP contribution < -0.4 is 11.3 Å². The summed E-state index contributed by atoms with van der Waals surface area (Å²) in [4.78, 5) is 8.76. The topological polar surface area (TPSA) is 81.7 Å². The summed E-state index contributed by atoms with van der Waals surface area (Å²) in [6.07, 6.45) is 2.27. The molecule has 0 aliphatic rings. The highest BCUT2D eigenvalue weighted by Crippen LogP contribution is 2.19. The van der Waals surface area contributed by atoms with Gasteiger partial charge in [-0.3, -0.25) is 20.9 Å². The summed E-state index contributed by atoms with van der Waals surface area (Å²) in [7, 11) is 0. The Labute approximate surface area is 113 Å². The van der Waals surface area contributed by atoms with Crippen LogP contribution in [0.5, 0.6) is 0 Å². The second kappa shape index (κ2) is 5.90. The lowest BCUT2D eigenvalue weighted by Gasteiger charge is -2.18. The Morgan fingerprint density at radius 1 is 1.37 bits per heavy atom. The van der Waals surface area contributed by atoms with Gasteiger partial charge in [-0.1, -0.05) is 6.07 Å². The van der Waals surface area contributed by atoms with Crippen LogP contribution in [0.4, 0.5) is 0 Å². The molecule has 2 aromatic rings. The lowest BCUT2D eigenvalue weighted by atomic mass is 10.0. The number of nitrogens with one attached hydrogen (secondary N) is 1. The minimum absolute atomic E-state index is 0.0115. The van der Waals surface area contributed by atoms with Crippen molar-refractivity contribution >= 4 is 0 Å². The van der Waals surface area contributed by atoms with Crippen molar-refractivity contribution in [1.82, 2.24) is 25.2 Å². The van der Waals surface area contributed by atoms with Crippen molar-refractivity contribution in [1.29, 1.82) is 0 Å². The number of aryl methyl sites for hydroxylation is 3. The fourth-order valence-corrected chi connectivity index (χ4v) is 2.22. The van der Waals surface area contributed by atoms with E-state index in [2.05, 4.69) is 26.6 Å². The molecule has 3 N–H and O–H groups in total. The Balaban J connectivity index is 2.25. The second-order valence-corrected chi connectivity index (χ2v) is 4.54. The number of hydrazine groups is 1. The number of hydrogen-bond acceptors (Lipinski definition) is 5. The number of aromatic nitrogens is 4. The minimum Gasteiger partial charge on any atom is -0.271 e. The summed E-state index contributed by atoms with van der Waals surface area (Å²) in [6.45, 7) is 6.83. The molecule has 1 atom stereocenters. The summed E-state index contributed by atoms with van der Waals surface area (Å²) >= 11 is 0. The van der Waals surface area contributed by atoms with E-state index in [9.17, 15) is 0 Å². The standard InChI is InChI=1S/C13H20N6/c1-4-19-13(15-8-16-19)7-12(18-14)11-6-5-9(2)17-10(11)3/h5-6,8,12,18H,4,7,14H2,1-3H3. The van der Waals surface area contributed by atoms with Crippen LogP contribution >= 0.6 is 0 Å². The molecular weight excluding hydrogens is 240 g/mol. The zero-order valence-corrected chi connectivity index (χ0v) is 11.6. The molecule has 1 unspecified atom stereocenters. The van der Waals surface area contributed by atoms with Gasteiger partial charge < -0.3 is 0 Å². The molecule has 0 saturated carbocycles. The average Bonchev–Trinajstić information content (AvgIpc) is 2.84. The van der Waals surface area contributed by atoms with E-state index in [1.54, 1.807) is 6.33 Å². The second-order valence-electron chi connectivity index (χ2n) is 4.54. The van der Waals surface area contributed by atoms with Crippen molar-refractivity contribution in [3.63, 3.8) is 0 Å². The molecule has 2 aromatic heterocycles. The van der Waals surface area contributed by atoms with Crippen molar-refractivity contribution in [2.24, 2.45) is 5.84 Å². The SMILES string of the molecule is CCn1ncnc1CC(NN)c1ccc(C)nc1C. The summed E-state index contributed by atoms with van der Waals surface area (Å²) in [5.74, 6) is 6.61. The Bertz CT molecular complexity index is 548. The summed E-state index contributed by atoms with van der Waals surface area (Å²) in [6, 6.07) is 4.05. The first kappa shape index (κ1) is 13.6. The lowest BCUT2D eigenvalue weighted by molar-refractivity contribution is 0.507. The third-order valence-electron chi connectivity index (χ3n) is 3.22. The summed E-state index contributed by atoms with van der Waals surface area (Å²) in [5.41, 5.74) is 5.94. The molecule has 0 radical (unpaired) electrons. The molecule has 102 valence electrons. The fourth-order valence-electron chi connectivity index (χ4n) is 2.22. The Morgan fingerprint density at radius 3 is 2.79 bits per heavy atom. The maximum atomic E-state index is 5.68. The molecule has 0 saturated heterocycles. The zero-order chi connectivity index (χ0) is 13.8. The normalized spacial score (nSPS) is 12.6. The molecular formula is C13H20N6. The molecule has 0 aliphatic carbocycles. The van der Waals surface area contributed by atoms with E-state index >= 15 is 0 Å². The third-order valence-corrected chi connectivity index (χ3v) is 3.22. The van der Waals surface area contributed by atoms with Crippen LogP contribution in [0.25, 0.3) is 0 Å². The maximum Gasteiger partial charge on any atom is 0.138 e. The number of nitrogens with two attached hydrogens (primary N) is 1. The Kier molecular flexibility index (Phi) is 4.24. The van der Waals surface area contributed by atoms with Crippen LogP contribution in [-0.2, 0) is 13.0 Å². The zero-order valence-electron chi connectivity index (χ0n) is 11.6. The van der Waals surface area contributed by atoms with E-state index in [1.165, 1.54) is 0 Å². The quantitative estimate of drug-likeness (QED) is 0.620. The van der Waals surface area contributed by atoms with E-state index in [1.807, 2.05) is 31.5 Å². The van der Waals surface area contributed by atoms with Gasteiger partial charge in [-0.2, -0.15) is 5.10 Å². The lowest BCUT2D eigenvalue weighted by Crippen LogP contribution is -2.31. The highest BCUT2D eigenvalue weighted by Gasteiger charge is 2.16. The molecule has 6 heteroatoms. The molecule has 6 nitrogen and oxygen atoms in total. The summed E-state index contributed by atoms with van der Waals surface area (Å²) in [5, 5.41) is 4.17. The highest BCUT2D eigenvalue weighted by atomic mass is 15.3. The predicted molar refractivity (Wildman–Crippen MR) is 73.2 cm³/mol. The van der Waals surface area contributed by atoms with Crippen LogP contribution in [0, 0.1) is 13.8 Å². The molecule has 0 amide bonds. The van der Waals surface area contributed by atoms with Crippen molar-refractivity contribution in [2.75, 3.05) is 0 Å².